The molecule has 1 aliphatic carbocycles. The zero-order chi connectivity index (χ0) is 12.4. The zero-order valence-electron chi connectivity index (χ0n) is 11.2. The number of hydrogen-bond donors (Lipinski definition) is 0. The first-order valence-corrected chi connectivity index (χ1v) is 7.90. The van der Waals surface area contributed by atoms with E-state index in [0.29, 0.717) is 22.8 Å². The van der Waals surface area contributed by atoms with Crippen LogP contribution in [0.3, 0.4) is 0 Å². The van der Waals surface area contributed by atoms with Crippen molar-refractivity contribution < 1.29 is 9.47 Å². The highest BCUT2D eigenvalue weighted by molar-refractivity contribution is 9.09. The molecule has 0 aromatic rings. The average molecular weight is 305 g/mol. The van der Waals surface area contributed by atoms with Gasteiger partial charge in [-0.15, -0.1) is 0 Å². The number of ether oxygens (including phenoxy) is 2. The maximum Gasteiger partial charge on any atom is 0.170 e. The second kappa shape index (κ2) is 6.03. The van der Waals surface area contributed by atoms with Gasteiger partial charge >= 0.3 is 0 Å². The molecule has 0 amide bonds. The molecule has 1 aliphatic heterocycles. The molecule has 3 heteroatoms. The van der Waals surface area contributed by atoms with Gasteiger partial charge in [0.2, 0.25) is 0 Å². The minimum absolute atomic E-state index is 0.0217. The van der Waals surface area contributed by atoms with Crippen LogP contribution in [-0.2, 0) is 9.47 Å². The summed E-state index contributed by atoms with van der Waals surface area (Å²) >= 11 is 3.65. The van der Waals surface area contributed by atoms with E-state index in [9.17, 15) is 0 Å². The lowest BCUT2D eigenvalue weighted by molar-refractivity contribution is -0.171. The molecule has 0 N–H and O–H groups in total. The molecule has 1 saturated heterocycles. The average Bonchev–Trinajstić information content (AvgIpc) is 2.64. The van der Waals surface area contributed by atoms with Crippen LogP contribution in [0.15, 0.2) is 0 Å². The highest BCUT2D eigenvalue weighted by atomic mass is 79.9. The number of halogens is 1. The summed E-state index contributed by atoms with van der Waals surface area (Å²) in [6, 6.07) is 0. The monoisotopic (exact) mass is 304 g/mol. The summed E-state index contributed by atoms with van der Waals surface area (Å²) in [7, 11) is 0. The number of alkyl halides is 1. The lowest BCUT2D eigenvalue weighted by Crippen LogP contribution is -2.38. The van der Waals surface area contributed by atoms with Gasteiger partial charge in [-0.05, 0) is 37.0 Å². The molecule has 0 aromatic carbocycles. The molecule has 5 atom stereocenters. The fourth-order valence-corrected chi connectivity index (χ4v) is 3.57. The lowest BCUT2D eigenvalue weighted by atomic mass is 9.75. The predicted molar refractivity (Wildman–Crippen MR) is 73.3 cm³/mol. The van der Waals surface area contributed by atoms with Crippen LogP contribution in [0.1, 0.15) is 46.5 Å². The van der Waals surface area contributed by atoms with Crippen LogP contribution in [0, 0.1) is 17.8 Å². The molecule has 2 nitrogen and oxygen atoms in total. The summed E-state index contributed by atoms with van der Waals surface area (Å²) in [4.78, 5) is 0.382. The first-order chi connectivity index (χ1) is 8.08. The molecule has 0 bridgehead atoms. The second-order valence-corrected chi connectivity index (χ2v) is 7.22. The standard InChI is InChI=1S/C14H25BrO2/c1-9(2)11-5-4-10(3)8-13(11)17-14-12(15)6-7-16-14/h9-14H,4-8H2,1-3H3/t10-,11-,12+,13+,14?/m1/s1. The third-order valence-corrected chi connectivity index (χ3v) is 5.13. The van der Waals surface area contributed by atoms with Crippen LogP contribution in [0.5, 0.6) is 0 Å². The van der Waals surface area contributed by atoms with Crippen LogP contribution in [0.2, 0.25) is 0 Å². The van der Waals surface area contributed by atoms with E-state index in [1.165, 1.54) is 19.3 Å². The van der Waals surface area contributed by atoms with Gasteiger partial charge in [-0.2, -0.15) is 0 Å². The van der Waals surface area contributed by atoms with Crippen molar-refractivity contribution in [2.24, 2.45) is 17.8 Å². The van der Waals surface area contributed by atoms with Gasteiger partial charge in [-0.25, -0.2) is 0 Å². The first kappa shape index (κ1) is 13.8. The van der Waals surface area contributed by atoms with Crippen LogP contribution in [0.4, 0.5) is 0 Å². The molecular weight excluding hydrogens is 280 g/mol. The Kier molecular flexibility index (Phi) is 4.90. The molecule has 0 radical (unpaired) electrons. The maximum absolute atomic E-state index is 6.24. The molecule has 17 heavy (non-hydrogen) atoms. The predicted octanol–water partition coefficient (Wildman–Crippen LogP) is 3.97. The lowest BCUT2D eigenvalue weighted by Gasteiger charge is -2.38. The Morgan fingerprint density at radius 2 is 2.00 bits per heavy atom. The Morgan fingerprint density at radius 3 is 2.59 bits per heavy atom. The minimum atomic E-state index is -0.0217. The first-order valence-electron chi connectivity index (χ1n) is 6.99. The Bertz CT molecular complexity index is 244. The van der Waals surface area contributed by atoms with Crippen molar-refractivity contribution in [3.05, 3.63) is 0 Å². The van der Waals surface area contributed by atoms with E-state index in [1.54, 1.807) is 0 Å². The van der Waals surface area contributed by atoms with Gasteiger partial charge in [0, 0.05) is 0 Å². The second-order valence-electron chi connectivity index (χ2n) is 6.04. The molecule has 1 heterocycles. The summed E-state index contributed by atoms with van der Waals surface area (Å²) in [5, 5.41) is 0. The Morgan fingerprint density at radius 1 is 1.24 bits per heavy atom. The molecule has 2 fully saturated rings. The third kappa shape index (κ3) is 3.45. The van der Waals surface area contributed by atoms with Crippen LogP contribution >= 0.6 is 15.9 Å². The fourth-order valence-electron chi connectivity index (χ4n) is 3.11. The molecule has 100 valence electrons. The van der Waals surface area contributed by atoms with Gasteiger partial charge in [0.1, 0.15) is 0 Å². The molecule has 1 saturated carbocycles. The molecule has 2 aliphatic rings. The van der Waals surface area contributed by atoms with Crippen molar-refractivity contribution in [3.8, 4) is 0 Å². The Labute approximate surface area is 114 Å². The van der Waals surface area contributed by atoms with Crippen molar-refractivity contribution >= 4 is 15.9 Å². The zero-order valence-corrected chi connectivity index (χ0v) is 12.8. The maximum atomic E-state index is 6.24. The molecule has 0 spiro atoms. The molecule has 0 aromatic heterocycles. The fraction of sp³-hybridized carbons (Fsp3) is 1.00. The van der Waals surface area contributed by atoms with Gasteiger partial charge in [0.15, 0.2) is 6.29 Å². The van der Waals surface area contributed by atoms with Gasteiger partial charge < -0.3 is 9.47 Å². The largest absolute Gasteiger partial charge is 0.351 e. The highest BCUT2D eigenvalue weighted by Crippen LogP contribution is 2.37. The van der Waals surface area contributed by atoms with Crippen molar-refractivity contribution in [3.63, 3.8) is 0 Å². The number of rotatable bonds is 3. The van der Waals surface area contributed by atoms with E-state index >= 15 is 0 Å². The van der Waals surface area contributed by atoms with E-state index < -0.39 is 0 Å². The Hall–Kier alpha value is 0.400. The summed E-state index contributed by atoms with van der Waals surface area (Å²) < 4.78 is 11.9. The quantitative estimate of drug-likeness (QED) is 0.734. The Balaban J connectivity index is 1.94. The molecule has 1 unspecified atom stereocenters. The van der Waals surface area contributed by atoms with Crippen molar-refractivity contribution in [1.82, 2.24) is 0 Å². The third-order valence-electron chi connectivity index (χ3n) is 4.24. The van der Waals surface area contributed by atoms with Gasteiger partial charge in [-0.1, -0.05) is 43.1 Å². The van der Waals surface area contributed by atoms with E-state index in [1.807, 2.05) is 0 Å². The smallest absolute Gasteiger partial charge is 0.170 e. The summed E-state index contributed by atoms with van der Waals surface area (Å²) in [5.41, 5.74) is 0. The molecular formula is C14H25BrO2. The SMILES string of the molecule is CC(C)[C@H]1CC[C@@H](C)C[C@@H]1OC1OCC[C@@H]1Br. The van der Waals surface area contributed by atoms with Crippen LogP contribution in [0.25, 0.3) is 0 Å². The molecule has 2 rings (SSSR count). The normalized spacial score (nSPS) is 43.2. The van der Waals surface area contributed by atoms with Crippen molar-refractivity contribution in [1.29, 1.82) is 0 Å². The summed E-state index contributed by atoms with van der Waals surface area (Å²) in [6.45, 7) is 7.81. The topological polar surface area (TPSA) is 18.5 Å². The van der Waals surface area contributed by atoms with E-state index in [4.69, 9.17) is 9.47 Å². The summed E-state index contributed by atoms with van der Waals surface area (Å²) in [5.74, 6) is 2.21. The van der Waals surface area contributed by atoms with E-state index in [-0.39, 0.29) is 6.29 Å². The highest BCUT2D eigenvalue weighted by Gasteiger charge is 2.36. The van der Waals surface area contributed by atoms with Gasteiger partial charge in [0.05, 0.1) is 17.5 Å². The van der Waals surface area contributed by atoms with Gasteiger partial charge in [0.25, 0.3) is 0 Å². The minimum Gasteiger partial charge on any atom is -0.351 e. The van der Waals surface area contributed by atoms with Crippen molar-refractivity contribution in [2.45, 2.75) is 63.7 Å². The van der Waals surface area contributed by atoms with E-state index in [0.717, 1.165) is 18.9 Å². The van der Waals surface area contributed by atoms with Crippen LogP contribution < -0.4 is 0 Å². The van der Waals surface area contributed by atoms with E-state index in [2.05, 4.69) is 36.7 Å². The number of hydrogen-bond acceptors (Lipinski definition) is 2. The van der Waals surface area contributed by atoms with Crippen molar-refractivity contribution in [2.75, 3.05) is 6.61 Å². The summed E-state index contributed by atoms with van der Waals surface area (Å²) in [6.07, 6.45) is 5.30. The van der Waals surface area contributed by atoms with Crippen LogP contribution in [-0.4, -0.2) is 23.8 Å². The van der Waals surface area contributed by atoms with Gasteiger partial charge in [-0.3, -0.25) is 0 Å².